The summed E-state index contributed by atoms with van der Waals surface area (Å²) in [6, 6.07) is 0. The highest BCUT2D eigenvalue weighted by molar-refractivity contribution is 7.52. The molecule has 0 spiro atoms. The first-order chi connectivity index (χ1) is 17.7. The predicted molar refractivity (Wildman–Crippen MR) is 134 cm³/mol. The maximum Gasteiger partial charge on any atom is 0.508 e. The van der Waals surface area contributed by atoms with Gasteiger partial charge in [0.1, 0.15) is 6.54 Å². The van der Waals surface area contributed by atoms with Gasteiger partial charge >= 0.3 is 26.0 Å². The average Bonchev–Trinajstić information content (AvgIpc) is 2.84. The number of rotatable bonds is 20. The molecule has 0 aromatic heterocycles. The molecule has 0 amide bonds. The summed E-state index contributed by atoms with van der Waals surface area (Å²) in [6.07, 6.45) is 1.97. The van der Waals surface area contributed by atoms with Gasteiger partial charge in [0.25, 0.3) is 0 Å². The zero-order valence-corrected chi connectivity index (χ0v) is 23.2. The highest BCUT2D eigenvalue weighted by atomic mass is 31.2. The predicted octanol–water partition coefficient (Wildman–Crippen LogP) is 3.62. The number of carbonyl (C=O) groups excluding carboxylic acids is 3. The molecule has 37 heavy (non-hydrogen) atoms. The van der Waals surface area contributed by atoms with Crippen LogP contribution in [0.2, 0.25) is 0 Å². The smallest absolute Gasteiger partial charge is 0.465 e. The van der Waals surface area contributed by atoms with Crippen molar-refractivity contribution in [2.45, 2.75) is 59.3 Å². The monoisotopic (exact) mass is 555 g/mol. The molecule has 0 aliphatic rings. The van der Waals surface area contributed by atoms with Crippen molar-refractivity contribution in [2.24, 2.45) is 10.5 Å². The molecule has 0 unspecified atom stereocenters. The van der Waals surface area contributed by atoms with E-state index in [9.17, 15) is 18.9 Å². The van der Waals surface area contributed by atoms with E-state index in [0.717, 1.165) is 25.7 Å². The van der Waals surface area contributed by atoms with E-state index in [1.807, 2.05) is 13.8 Å². The van der Waals surface area contributed by atoms with E-state index in [-0.39, 0.29) is 71.6 Å². The zero-order valence-electron chi connectivity index (χ0n) is 22.3. The minimum atomic E-state index is -4.13. The Kier molecular flexibility index (Phi) is 20.0. The first kappa shape index (κ1) is 34.4. The number of likely N-dealkylation sites (N-methyl/N-ethyl adjacent to an activating group) is 1. The van der Waals surface area contributed by atoms with E-state index < -0.39 is 26.0 Å². The average molecular weight is 556 g/mol. The van der Waals surface area contributed by atoms with Gasteiger partial charge in [-0.25, -0.2) is 14.2 Å². The van der Waals surface area contributed by atoms with Crippen LogP contribution in [0.4, 0.5) is 9.59 Å². The normalized spacial score (nSPS) is 11.5. The minimum absolute atomic E-state index is 0.0408. The van der Waals surface area contributed by atoms with Gasteiger partial charge in [0, 0.05) is 19.9 Å². The van der Waals surface area contributed by atoms with E-state index in [1.165, 1.54) is 11.9 Å². The summed E-state index contributed by atoms with van der Waals surface area (Å²) < 4.78 is 52.1. The Morgan fingerprint density at radius 3 is 1.57 bits per heavy atom. The molecule has 0 saturated carbocycles. The second-order valence-corrected chi connectivity index (χ2v) is 9.22. The topological polar surface area (TPSA) is 175 Å². The van der Waals surface area contributed by atoms with Gasteiger partial charge in [-0.1, -0.05) is 26.7 Å². The van der Waals surface area contributed by atoms with Crippen molar-refractivity contribution in [3.05, 3.63) is 0 Å². The summed E-state index contributed by atoms with van der Waals surface area (Å²) in [5.41, 5.74) is 5.87. The quantitative estimate of drug-likeness (QED) is 0.0576. The van der Waals surface area contributed by atoms with E-state index in [4.69, 9.17) is 38.5 Å². The number of esters is 1. The van der Waals surface area contributed by atoms with Crippen molar-refractivity contribution in [2.75, 3.05) is 59.8 Å². The minimum Gasteiger partial charge on any atom is -0.465 e. The molecular weight excluding hydrogens is 513 g/mol. The van der Waals surface area contributed by atoms with Gasteiger partial charge in [-0.3, -0.25) is 13.8 Å². The Hall–Kier alpha value is -2.57. The first-order valence-corrected chi connectivity index (χ1v) is 13.9. The lowest BCUT2D eigenvalue weighted by atomic mass is 10.4. The van der Waals surface area contributed by atoms with Crippen LogP contribution in [-0.4, -0.2) is 89.0 Å². The lowest BCUT2D eigenvalue weighted by Crippen LogP contribution is -2.38. The van der Waals surface area contributed by atoms with Crippen LogP contribution in [0.25, 0.3) is 0 Å². The third-order valence-corrected chi connectivity index (χ3v) is 5.72. The molecule has 0 heterocycles. The van der Waals surface area contributed by atoms with Crippen molar-refractivity contribution in [1.29, 1.82) is 0 Å². The van der Waals surface area contributed by atoms with Crippen LogP contribution in [-0.2, 0) is 42.1 Å². The molecule has 0 radical (unpaired) electrons. The number of guanidine groups is 1. The third-order valence-electron chi connectivity index (χ3n) is 4.25. The molecule has 0 rings (SSSR count). The number of nitrogens with zero attached hydrogens (tertiary/aromatic N) is 2. The zero-order chi connectivity index (χ0) is 27.9. The van der Waals surface area contributed by atoms with Crippen LogP contribution in [0, 0.1) is 0 Å². The second kappa shape index (κ2) is 21.5. The third kappa shape index (κ3) is 19.2. The van der Waals surface area contributed by atoms with E-state index in [2.05, 4.69) is 4.76 Å². The van der Waals surface area contributed by atoms with Crippen molar-refractivity contribution in [3.63, 3.8) is 0 Å². The van der Waals surface area contributed by atoms with Crippen LogP contribution in [0.15, 0.2) is 4.76 Å². The van der Waals surface area contributed by atoms with Gasteiger partial charge in [-0.15, -0.1) is 4.76 Å². The van der Waals surface area contributed by atoms with Gasteiger partial charge in [0.15, 0.2) is 0 Å². The van der Waals surface area contributed by atoms with Crippen molar-refractivity contribution in [1.82, 2.24) is 4.90 Å². The van der Waals surface area contributed by atoms with E-state index in [1.54, 1.807) is 6.92 Å². The standard InChI is InChI=1S/C22H42N3O11P/c1-5-8-12-31-21(27)33-14-10-16-35-37(29,24-20(23)25(4)18-19(26)30-7-3)36-17-11-15-34-22(28)32-13-9-6-2/h5-18H2,1-4H3,(H2,23,24,29). The van der Waals surface area contributed by atoms with Gasteiger partial charge in [0.2, 0.25) is 5.96 Å². The van der Waals surface area contributed by atoms with Crippen molar-refractivity contribution in [3.8, 4) is 0 Å². The van der Waals surface area contributed by atoms with Crippen molar-refractivity contribution >= 4 is 32.0 Å². The number of ether oxygens (including phenoxy) is 5. The molecule has 0 saturated heterocycles. The molecule has 15 heteroatoms. The summed E-state index contributed by atoms with van der Waals surface area (Å²) in [4.78, 5) is 35.8. The Labute approximate surface area is 218 Å². The molecule has 0 fully saturated rings. The maximum atomic E-state index is 13.2. The molecular formula is C22H42N3O11P. The molecule has 0 atom stereocenters. The molecule has 0 aliphatic carbocycles. The van der Waals surface area contributed by atoms with Crippen molar-refractivity contribution < 1.29 is 51.7 Å². The summed E-state index contributed by atoms with van der Waals surface area (Å²) in [6.45, 7) is 5.72. The molecule has 0 aromatic rings. The van der Waals surface area contributed by atoms with Crippen LogP contribution >= 0.6 is 7.75 Å². The molecule has 2 N–H and O–H groups in total. The maximum absolute atomic E-state index is 13.2. The second-order valence-electron chi connectivity index (χ2n) is 7.56. The summed E-state index contributed by atoms with van der Waals surface area (Å²) in [5, 5.41) is 0. The molecule has 0 aliphatic heterocycles. The highest BCUT2D eigenvalue weighted by Gasteiger charge is 2.26. The number of unbranched alkanes of at least 4 members (excludes halogenated alkanes) is 2. The number of nitrogens with two attached hydrogens (primary N) is 1. The molecule has 14 nitrogen and oxygen atoms in total. The number of hydrogen-bond donors (Lipinski definition) is 1. The van der Waals surface area contributed by atoms with Gasteiger partial charge < -0.3 is 34.3 Å². The Bertz CT molecular complexity index is 701. The fraction of sp³-hybridized carbons (Fsp3) is 0.818. The van der Waals surface area contributed by atoms with Gasteiger partial charge in [0.05, 0.1) is 46.2 Å². The number of carbonyl (C=O) groups is 3. The largest absolute Gasteiger partial charge is 0.508 e. The van der Waals surface area contributed by atoms with E-state index in [0.29, 0.717) is 0 Å². The fourth-order valence-corrected chi connectivity index (χ4v) is 3.56. The SMILES string of the molecule is CCCCOC(=O)OCCCOP(=O)(/N=C(\N)N(C)CC(=O)OCC)OCCCOC(=O)OCCCC. The summed E-state index contributed by atoms with van der Waals surface area (Å²) in [5.74, 6) is -0.825. The highest BCUT2D eigenvalue weighted by Crippen LogP contribution is 2.50. The van der Waals surface area contributed by atoms with Crippen LogP contribution in [0.3, 0.4) is 0 Å². The Balaban J connectivity index is 4.80. The summed E-state index contributed by atoms with van der Waals surface area (Å²) >= 11 is 0. The van der Waals surface area contributed by atoms with Crippen LogP contribution in [0.5, 0.6) is 0 Å². The first-order valence-electron chi connectivity index (χ1n) is 12.4. The molecule has 0 aromatic carbocycles. The molecule has 216 valence electrons. The van der Waals surface area contributed by atoms with Gasteiger partial charge in [-0.2, -0.15) is 0 Å². The molecule has 0 bridgehead atoms. The van der Waals surface area contributed by atoms with Crippen LogP contribution < -0.4 is 5.73 Å². The number of hydrogen-bond acceptors (Lipinski definition) is 11. The lowest BCUT2D eigenvalue weighted by Gasteiger charge is -2.20. The van der Waals surface area contributed by atoms with Gasteiger partial charge in [-0.05, 0) is 19.8 Å². The van der Waals surface area contributed by atoms with E-state index >= 15 is 0 Å². The summed E-state index contributed by atoms with van der Waals surface area (Å²) in [7, 11) is -2.68. The fourth-order valence-electron chi connectivity index (χ4n) is 2.25. The lowest BCUT2D eigenvalue weighted by molar-refractivity contribution is -0.143. The Morgan fingerprint density at radius 2 is 1.16 bits per heavy atom. The Morgan fingerprint density at radius 1 is 0.730 bits per heavy atom. The van der Waals surface area contributed by atoms with Crippen LogP contribution in [0.1, 0.15) is 59.3 Å².